The van der Waals surface area contributed by atoms with E-state index < -0.39 is 0 Å². The minimum absolute atomic E-state index is 0.114. The van der Waals surface area contributed by atoms with Gasteiger partial charge in [0.15, 0.2) is 6.29 Å². The van der Waals surface area contributed by atoms with E-state index in [9.17, 15) is 4.79 Å². The smallest absolute Gasteiger partial charge is 0.199 e. The average Bonchev–Trinajstić information content (AvgIpc) is 2.72. The molecule has 0 N–H and O–H groups in total. The molecule has 0 spiro atoms. The molecule has 3 nitrogen and oxygen atoms in total. The molecule has 0 bridgehead atoms. The molecule has 1 aliphatic heterocycles. The Balaban J connectivity index is 1.98. The van der Waals surface area contributed by atoms with Crippen molar-refractivity contribution in [3.05, 3.63) is 29.8 Å². The van der Waals surface area contributed by atoms with E-state index >= 15 is 0 Å². The fraction of sp³-hybridized carbons (Fsp3) is 0.364. The van der Waals surface area contributed by atoms with Crippen LogP contribution in [0.1, 0.15) is 23.2 Å². The van der Waals surface area contributed by atoms with Crippen LogP contribution < -0.4 is 4.74 Å². The Kier molecular flexibility index (Phi) is 2.79. The van der Waals surface area contributed by atoms with Gasteiger partial charge < -0.3 is 9.47 Å². The number of carbonyl (C=O) groups is 1. The van der Waals surface area contributed by atoms with Gasteiger partial charge in [-0.05, 0) is 30.7 Å². The number of ether oxygens (including phenoxy) is 2. The molecule has 1 heterocycles. The molecule has 0 radical (unpaired) electrons. The van der Waals surface area contributed by atoms with E-state index in [0.717, 1.165) is 31.5 Å². The zero-order valence-electron chi connectivity index (χ0n) is 7.81. The van der Waals surface area contributed by atoms with Crippen LogP contribution in [0.5, 0.6) is 5.75 Å². The number of rotatable bonds is 3. The second kappa shape index (κ2) is 4.24. The molecule has 2 rings (SSSR count). The highest BCUT2D eigenvalue weighted by Crippen LogP contribution is 2.19. The van der Waals surface area contributed by atoms with Crippen LogP contribution in [0.25, 0.3) is 0 Å². The van der Waals surface area contributed by atoms with Gasteiger partial charge in [0, 0.05) is 12.0 Å². The molecule has 0 amide bonds. The molecule has 0 aromatic heterocycles. The summed E-state index contributed by atoms with van der Waals surface area (Å²) in [5.41, 5.74) is 0.657. The van der Waals surface area contributed by atoms with Crippen LogP contribution in [0.2, 0.25) is 0 Å². The third kappa shape index (κ3) is 2.12. The first kappa shape index (κ1) is 9.21. The van der Waals surface area contributed by atoms with E-state index in [2.05, 4.69) is 0 Å². The van der Waals surface area contributed by atoms with Crippen LogP contribution in [0.3, 0.4) is 0 Å². The van der Waals surface area contributed by atoms with Crippen molar-refractivity contribution in [1.29, 1.82) is 0 Å². The number of carbonyl (C=O) groups excluding carboxylic acids is 1. The quantitative estimate of drug-likeness (QED) is 0.687. The maximum Gasteiger partial charge on any atom is 0.199 e. The summed E-state index contributed by atoms with van der Waals surface area (Å²) in [6, 6.07) is 7.03. The van der Waals surface area contributed by atoms with Gasteiger partial charge in [0.2, 0.25) is 0 Å². The van der Waals surface area contributed by atoms with Crippen molar-refractivity contribution in [2.24, 2.45) is 0 Å². The predicted octanol–water partition coefficient (Wildman–Crippen LogP) is 2.01. The van der Waals surface area contributed by atoms with Crippen LogP contribution in [-0.2, 0) is 4.74 Å². The Bertz CT molecular complexity index is 299. The van der Waals surface area contributed by atoms with E-state index in [-0.39, 0.29) is 6.29 Å². The zero-order chi connectivity index (χ0) is 9.80. The standard InChI is InChI=1S/C11H12O3/c12-8-9-3-5-10(6-4-9)14-11-2-1-7-13-11/h3-6,8,11H,1-2,7H2. The Morgan fingerprint density at radius 3 is 2.71 bits per heavy atom. The summed E-state index contributed by atoms with van der Waals surface area (Å²) in [4.78, 5) is 10.4. The SMILES string of the molecule is O=Cc1ccc(OC2CCCO2)cc1. The van der Waals surface area contributed by atoms with Crippen LogP contribution in [0.15, 0.2) is 24.3 Å². The largest absolute Gasteiger partial charge is 0.465 e. The molecule has 1 aromatic rings. The third-order valence-electron chi connectivity index (χ3n) is 2.17. The predicted molar refractivity (Wildman–Crippen MR) is 51.4 cm³/mol. The van der Waals surface area contributed by atoms with Crippen molar-refractivity contribution in [2.75, 3.05) is 6.61 Å². The molecule has 1 aromatic carbocycles. The molecule has 1 fully saturated rings. The Hall–Kier alpha value is -1.35. The van der Waals surface area contributed by atoms with Gasteiger partial charge in [-0.2, -0.15) is 0 Å². The first-order chi connectivity index (χ1) is 6.88. The highest BCUT2D eigenvalue weighted by atomic mass is 16.7. The average molecular weight is 192 g/mol. The minimum atomic E-state index is -0.114. The van der Waals surface area contributed by atoms with Gasteiger partial charge in [-0.1, -0.05) is 0 Å². The van der Waals surface area contributed by atoms with Crippen LogP contribution in [0, 0.1) is 0 Å². The van der Waals surface area contributed by atoms with Crippen molar-refractivity contribution >= 4 is 6.29 Å². The summed E-state index contributed by atoms with van der Waals surface area (Å²) in [6.07, 6.45) is 2.69. The molecule has 3 heteroatoms. The first-order valence-electron chi connectivity index (χ1n) is 4.72. The monoisotopic (exact) mass is 192 g/mol. The topological polar surface area (TPSA) is 35.5 Å². The van der Waals surface area contributed by atoms with Crippen molar-refractivity contribution in [3.8, 4) is 5.75 Å². The van der Waals surface area contributed by atoms with Crippen molar-refractivity contribution in [2.45, 2.75) is 19.1 Å². The second-order valence-electron chi connectivity index (χ2n) is 3.25. The van der Waals surface area contributed by atoms with Gasteiger partial charge >= 0.3 is 0 Å². The highest BCUT2D eigenvalue weighted by Gasteiger charge is 2.16. The van der Waals surface area contributed by atoms with Gasteiger partial charge in [0.05, 0.1) is 6.61 Å². The molecular weight excluding hydrogens is 180 g/mol. The second-order valence-corrected chi connectivity index (χ2v) is 3.25. The summed E-state index contributed by atoms with van der Waals surface area (Å²) >= 11 is 0. The number of aldehydes is 1. The summed E-state index contributed by atoms with van der Waals surface area (Å²) in [5.74, 6) is 0.752. The normalized spacial score (nSPS) is 20.7. The van der Waals surface area contributed by atoms with Crippen LogP contribution in [0.4, 0.5) is 0 Å². The lowest BCUT2D eigenvalue weighted by molar-refractivity contribution is -0.0390. The molecule has 74 valence electrons. The Labute approximate surface area is 82.6 Å². The van der Waals surface area contributed by atoms with Gasteiger partial charge in [0.25, 0.3) is 0 Å². The van der Waals surface area contributed by atoms with Crippen molar-refractivity contribution in [1.82, 2.24) is 0 Å². The molecular formula is C11H12O3. The summed E-state index contributed by atoms with van der Waals surface area (Å²) in [6.45, 7) is 0.775. The molecule has 1 aliphatic rings. The molecule has 1 saturated heterocycles. The van der Waals surface area contributed by atoms with Gasteiger partial charge in [0.1, 0.15) is 12.0 Å². The van der Waals surface area contributed by atoms with Crippen LogP contribution in [-0.4, -0.2) is 19.2 Å². The molecule has 1 unspecified atom stereocenters. The highest BCUT2D eigenvalue weighted by molar-refractivity contribution is 5.74. The van der Waals surface area contributed by atoms with Crippen LogP contribution >= 0.6 is 0 Å². The maximum absolute atomic E-state index is 10.4. The fourth-order valence-electron chi connectivity index (χ4n) is 1.42. The molecule has 14 heavy (non-hydrogen) atoms. The van der Waals surface area contributed by atoms with E-state index in [1.54, 1.807) is 24.3 Å². The lowest BCUT2D eigenvalue weighted by Crippen LogP contribution is -2.13. The number of hydrogen-bond donors (Lipinski definition) is 0. The van der Waals surface area contributed by atoms with E-state index in [1.165, 1.54) is 0 Å². The fourth-order valence-corrected chi connectivity index (χ4v) is 1.42. The van der Waals surface area contributed by atoms with Gasteiger partial charge in [-0.25, -0.2) is 0 Å². The lowest BCUT2D eigenvalue weighted by atomic mass is 10.2. The molecule has 0 saturated carbocycles. The molecule has 0 aliphatic carbocycles. The Morgan fingerprint density at radius 1 is 1.36 bits per heavy atom. The first-order valence-corrected chi connectivity index (χ1v) is 4.72. The number of benzene rings is 1. The minimum Gasteiger partial charge on any atom is -0.465 e. The summed E-state index contributed by atoms with van der Waals surface area (Å²) in [5, 5.41) is 0. The van der Waals surface area contributed by atoms with Crippen molar-refractivity contribution < 1.29 is 14.3 Å². The summed E-state index contributed by atoms with van der Waals surface area (Å²) < 4.78 is 10.9. The van der Waals surface area contributed by atoms with E-state index in [0.29, 0.717) is 5.56 Å². The zero-order valence-corrected chi connectivity index (χ0v) is 7.81. The molecule has 1 atom stereocenters. The third-order valence-corrected chi connectivity index (χ3v) is 2.17. The maximum atomic E-state index is 10.4. The lowest BCUT2D eigenvalue weighted by Gasteiger charge is -2.12. The Morgan fingerprint density at radius 2 is 2.14 bits per heavy atom. The number of hydrogen-bond acceptors (Lipinski definition) is 3. The van der Waals surface area contributed by atoms with E-state index in [4.69, 9.17) is 9.47 Å². The van der Waals surface area contributed by atoms with Crippen molar-refractivity contribution in [3.63, 3.8) is 0 Å². The van der Waals surface area contributed by atoms with Gasteiger partial charge in [-0.3, -0.25) is 4.79 Å². The van der Waals surface area contributed by atoms with Gasteiger partial charge in [-0.15, -0.1) is 0 Å². The summed E-state index contributed by atoms with van der Waals surface area (Å²) in [7, 11) is 0. The van der Waals surface area contributed by atoms with E-state index in [1.807, 2.05) is 0 Å².